The summed E-state index contributed by atoms with van der Waals surface area (Å²) in [7, 11) is 0. The number of rotatable bonds is 2. The Hall–Kier alpha value is -1.15. The topological polar surface area (TPSA) is 12.9 Å². The van der Waals surface area contributed by atoms with Gasteiger partial charge in [0.05, 0.1) is 4.70 Å². The van der Waals surface area contributed by atoms with Gasteiger partial charge in [0, 0.05) is 11.6 Å². The number of nitrogens with zero attached hydrogens (tertiary/aromatic N) is 1. The second-order valence-corrected chi connectivity index (χ2v) is 3.48. The summed E-state index contributed by atoms with van der Waals surface area (Å²) in [5.41, 5.74) is 1.32. The first kappa shape index (κ1) is 7.50. The van der Waals surface area contributed by atoms with E-state index in [4.69, 9.17) is 0 Å². The average Bonchev–Trinajstić information content (AvgIpc) is 2.53. The predicted molar refractivity (Wildman–Crippen MR) is 53.5 cm³/mol. The molecule has 0 amide bonds. The van der Waals surface area contributed by atoms with Crippen molar-refractivity contribution >= 4 is 21.6 Å². The van der Waals surface area contributed by atoms with Crippen molar-refractivity contribution in [3.05, 3.63) is 42.6 Å². The van der Waals surface area contributed by atoms with Crippen LogP contribution >= 0.6 is 11.5 Å². The third-order valence-corrected chi connectivity index (χ3v) is 2.62. The van der Waals surface area contributed by atoms with Gasteiger partial charge in [-0.15, -0.1) is 6.58 Å². The number of aromatic nitrogens is 1. The van der Waals surface area contributed by atoms with Crippen LogP contribution in [0.5, 0.6) is 0 Å². The lowest BCUT2D eigenvalue weighted by Gasteiger charge is -1.96. The van der Waals surface area contributed by atoms with E-state index in [0.29, 0.717) is 0 Å². The average molecular weight is 175 g/mol. The quantitative estimate of drug-likeness (QED) is 0.639. The fourth-order valence-corrected chi connectivity index (χ4v) is 1.98. The summed E-state index contributed by atoms with van der Waals surface area (Å²) in [6.07, 6.45) is 4.78. The van der Waals surface area contributed by atoms with Gasteiger partial charge in [-0.25, -0.2) is 0 Å². The van der Waals surface area contributed by atoms with Crippen LogP contribution < -0.4 is 0 Å². The molecule has 0 aliphatic carbocycles. The summed E-state index contributed by atoms with van der Waals surface area (Å²) >= 11 is 1.54. The number of fused-ring (bicyclic) bond motifs is 1. The first-order chi connectivity index (χ1) is 5.92. The summed E-state index contributed by atoms with van der Waals surface area (Å²) in [4.78, 5) is 0. The minimum absolute atomic E-state index is 0.926. The number of hydrogen-bond donors (Lipinski definition) is 0. The van der Waals surface area contributed by atoms with Gasteiger partial charge in [0.15, 0.2) is 0 Å². The fourth-order valence-electron chi connectivity index (χ4n) is 1.28. The molecular weight excluding hydrogens is 166 g/mol. The van der Waals surface area contributed by atoms with Gasteiger partial charge >= 0.3 is 0 Å². The van der Waals surface area contributed by atoms with Crippen LogP contribution in [0.1, 0.15) is 5.56 Å². The zero-order valence-electron chi connectivity index (χ0n) is 6.66. The van der Waals surface area contributed by atoms with Gasteiger partial charge in [-0.2, -0.15) is 4.37 Å². The highest BCUT2D eigenvalue weighted by Crippen LogP contribution is 2.21. The van der Waals surface area contributed by atoms with Crippen molar-refractivity contribution in [2.24, 2.45) is 0 Å². The van der Waals surface area contributed by atoms with E-state index in [1.165, 1.54) is 15.6 Å². The van der Waals surface area contributed by atoms with E-state index in [1.54, 1.807) is 11.5 Å². The van der Waals surface area contributed by atoms with Gasteiger partial charge in [0.25, 0.3) is 0 Å². The lowest BCUT2D eigenvalue weighted by atomic mass is 10.1. The second-order valence-electron chi connectivity index (χ2n) is 2.65. The highest BCUT2D eigenvalue weighted by molar-refractivity contribution is 7.13. The van der Waals surface area contributed by atoms with Crippen molar-refractivity contribution in [1.29, 1.82) is 0 Å². The molecule has 1 aromatic heterocycles. The van der Waals surface area contributed by atoms with Crippen molar-refractivity contribution in [2.45, 2.75) is 6.42 Å². The Bertz CT molecular complexity index is 403. The zero-order chi connectivity index (χ0) is 8.39. The molecule has 0 saturated heterocycles. The predicted octanol–water partition coefficient (Wildman–Crippen LogP) is 3.02. The molecular formula is C10H9NS. The van der Waals surface area contributed by atoms with Gasteiger partial charge in [-0.3, -0.25) is 0 Å². The molecule has 2 rings (SSSR count). The summed E-state index contributed by atoms with van der Waals surface area (Å²) in [5.74, 6) is 0. The molecule has 0 atom stereocenters. The molecule has 1 heterocycles. The molecule has 0 spiro atoms. The summed E-state index contributed by atoms with van der Waals surface area (Å²) in [5, 5.41) is 1.27. The van der Waals surface area contributed by atoms with Gasteiger partial charge in [-0.1, -0.05) is 18.2 Å². The third kappa shape index (κ3) is 1.14. The highest BCUT2D eigenvalue weighted by Gasteiger charge is 1.99. The summed E-state index contributed by atoms with van der Waals surface area (Å²) < 4.78 is 5.41. The van der Waals surface area contributed by atoms with Crippen molar-refractivity contribution in [3.8, 4) is 0 Å². The fraction of sp³-hybridized carbons (Fsp3) is 0.100. The maximum Gasteiger partial charge on any atom is 0.0552 e. The maximum absolute atomic E-state index is 4.15. The smallest absolute Gasteiger partial charge is 0.0552 e. The minimum atomic E-state index is 0.926. The highest BCUT2D eigenvalue weighted by atomic mass is 32.1. The molecule has 0 bridgehead atoms. The zero-order valence-corrected chi connectivity index (χ0v) is 7.47. The molecule has 0 N–H and O–H groups in total. The Morgan fingerprint density at radius 3 is 3.25 bits per heavy atom. The molecule has 0 aliphatic rings. The first-order valence-electron chi connectivity index (χ1n) is 3.85. The third-order valence-electron chi connectivity index (χ3n) is 1.85. The normalized spacial score (nSPS) is 10.3. The maximum atomic E-state index is 4.15. The van der Waals surface area contributed by atoms with E-state index in [0.717, 1.165) is 6.42 Å². The molecule has 0 unspecified atom stereocenters. The molecule has 0 saturated carbocycles. The van der Waals surface area contributed by atoms with Crippen LogP contribution in [0.3, 0.4) is 0 Å². The van der Waals surface area contributed by atoms with Crippen molar-refractivity contribution in [1.82, 2.24) is 4.37 Å². The minimum Gasteiger partial charge on any atom is -0.200 e. The van der Waals surface area contributed by atoms with Crippen LogP contribution in [0.15, 0.2) is 37.1 Å². The van der Waals surface area contributed by atoms with Crippen LogP contribution in [-0.4, -0.2) is 4.37 Å². The SMILES string of the molecule is C=CCc1cccc2sncc12. The van der Waals surface area contributed by atoms with E-state index in [1.807, 2.05) is 12.3 Å². The Kier molecular flexibility index (Phi) is 1.92. The van der Waals surface area contributed by atoms with Crippen molar-refractivity contribution < 1.29 is 0 Å². The van der Waals surface area contributed by atoms with Crippen molar-refractivity contribution in [3.63, 3.8) is 0 Å². The molecule has 0 aliphatic heterocycles. The summed E-state index contributed by atoms with van der Waals surface area (Å²) in [6.45, 7) is 3.73. The van der Waals surface area contributed by atoms with Crippen LogP contribution in [-0.2, 0) is 6.42 Å². The number of allylic oxidation sites excluding steroid dienone is 1. The standard InChI is InChI=1S/C10H9NS/c1-2-4-8-5-3-6-10-9(8)7-11-12-10/h2-3,5-7H,1,4H2. The molecule has 1 aromatic carbocycles. The monoisotopic (exact) mass is 175 g/mol. The lowest BCUT2D eigenvalue weighted by Crippen LogP contribution is -1.79. The van der Waals surface area contributed by atoms with Gasteiger partial charge in [-0.05, 0) is 29.6 Å². The van der Waals surface area contributed by atoms with Crippen LogP contribution in [0, 0.1) is 0 Å². The molecule has 2 aromatic rings. The lowest BCUT2D eigenvalue weighted by molar-refractivity contribution is 1.31. The van der Waals surface area contributed by atoms with E-state index in [2.05, 4.69) is 29.2 Å². The Morgan fingerprint density at radius 1 is 1.50 bits per heavy atom. The van der Waals surface area contributed by atoms with Gasteiger partial charge in [0.1, 0.15) is 0 Å². The Labute approximate surface area is 75.5 Å². The molecule has 0 fully saturated rings. The van der Waals surface area contributed by atoms with Crippen LogP contribution in [0.4, 0.5) is 0 Å². The van der Waals surface area contributed by atoms with Crippen molar-refractivity contribution in [2.75, 3.05) is 0 Å². The molecule has 1 nitrogen and oxygen atoms in total. The second kappa shape index (κ2) is 3.07. The summed E-state index contributed by atoms with van der Waals surface area (Å²) in [6, 6.07) is 6.29. The van der Waals surface area contributed by atoms with E-state index >= 15 is 0 Å². The van der Waals surface area contributed by atoms with Crippen LogP contribution in [0.25, 0.3) is 10.1 Å². The van der Waals surface area contributed by atoms with E-state index in [9.17, 15) is 0 Å². The van der Waals surface area contributed by atoms with E-state index < -0.39 is 0 Å². The molecule has 2 heteroatoms. The molecule has 12 heavy (non-hydrogen) atoms. The molecule has 60 valence electrons. The Morgan fingerprint density at radius 2 is 2.42 bits per heavy atom. The Balaban J connectivity index is 2.65. The number of benzene rings is 1. The van der Waals surface area contributed by atoms with E-state index in [-0.39, 0.29) is 0 Å². The molecule has 0 radical (unpaired) electrons. The van der Waals surface area contributed by atoms with Gasteiger partial charge < -0.3 is 0 Å². The largest absolute Gasteiger partial charge is 0.200 e. The van der Waals surface area contributed by atoms with Gasteiger partial charge in [0.2, 0.25) is 0 Å². The first-order valence-corrected chi connectivity index (χ1v) is 4.62. The van der Waals surface area contributed by atoms with Crippen LogP contribution in [0.2, 0.25) is 0 Å². The number of hydrogen-bond acceptors (Lipinski definition) is 2.